The molecule has 0 spiro atoms. The molecule has 0 aliphatic heterocycles. The van der Waals surface area contributed by atoms with Gasteiger partial charge in [0.05, 0.1) is 5.69 Å². The van der Waals surface area contributed by atoms with Gasteiger partial charge < -0.3 is 0 Å². The summed E-state index contributed by atoms with van der Waals surface area (Å²) in [5, 5.41) is 0. The second-order valence-electron chi connectivity index (χ2n) is 3.94. The van der Waals surface area contributed by atoms with Crippen molar-refractivity contribution in [1.82, 2.24) is 0 Å². The van der Waals surface area contributed by atoms with E-state index in [0.29, 0.717) is 0 Å². The molecule has 0 aliphatic carbocycles. The number of aliphatic imine (C=N–C) groups is 1. The molecule has 0 amide bonds. The standard InChI is InChI=1S/C15H15NS2/c1-11-8-12(16-2)10-15(9-11)18-14-6-4-13(17-3)5-7-14/h4-10H,2H2,1,3H3. The van der Waals surface area contributed by atoms with Crippen molar-refractivity contribution in [3.8, 4) is 0 Å². The molecule has 0 saturated heterocycles. The fourth-order valence-electron chi connectivity index (χ4n) is 1.66. The predicted molar refractivity (Wildman–Crippen MR) is 82.7 cm³/mol. The van der Waals surface area contributed by atoms with E-state index in [1.54, 1.807) is 23.5 Å². The maximum atomic E-state index is 3.99. The molecule has 2 aromatic rings. The van der Waals surface area contributed by atoms with Crippen LogP contribution < -0.4 is 0 Å². The van der Waals surface area contributed by atoms with Crippen LogP contribution >= 0.6 is 23.5 Å². The molecule has 2 aromatic carbocycles. The number of hydrogen-bond acceptors (Lipinski definition) is 3. The summed E-state index contributed by atoms with van der Waals surface area (Å²) in [5.41, 5.74) is 2.14. The van der Waals surface area contributed by atoms with Crippen LogP contribution in [0.25, 0.3) is 0 Å². The molecule has 0 N–H and O–H groups in total. The van der Waals surface area contributed by atoms with E-state index in [0.717, 1.165) is 5.69 Å². The summed E-state index contributed by atoms with van der Waals surface area (Å²) in [6, 6.07) is 14.9. The zero-order chi connectivity index (χ0) is 13.0. The van der Waals surface area contributed by atoms with Crippen LogP contribution in [0.1, 0.15) is 5.56 Å². The molecule has 0 heterocycles. The molecular formula is C15H15NS2. The molecule has 0 unspecified atom stereocenters. The monoisotopic (exact) mass is 273 g/mol. The second kappa shape index (κ2) is 6.12. The largest absolute Gasteiger partial charge is 0.265 e. The summed E-state index contributed by atoms with van der Waals surface area (Å²) in [7, 11) is 0. The van der Waals surface area contributed by atoms with Gasteiger partial charge in [0.15, 0.2) is 0 Å². The van der Waals surface area contributed by atoms with Gasteiger partial charge in [0, 0.05) is 14.7 Å². The fraction of sp³-hybridized carbons (Fsp3) is 0.133. The van der Waals surface area contributed by atoms with Gasteiger partial charge in [0.25, 0.3) is 0 Å². The maximum absolute atomic E-state index is 3.99. The van der Waals surface area contributed by atoms with Crippen LogP contribution in [0.4, 0.5) is 5.69 Å². The number of hydrogen-bond donors (Lipinski definition) is 0. The fourth-order valence-corrected chi connectivity index (χ4v) is 3.04. The third-order valence-corrected chi connectivity index (χ3v) is 4.24. The molecule has 0 radical (unpaired) electrons. The van der Waals surface area contributed by atoms with Gasteiger partial charge in [-0.1, -0.05) is 11.8 Å². The zero-order valence-electron chi connectivity index (χ0n) is 10.5. The molecule has 0 bridgehead atoms. The van der Waals surface area contributed by atoms with Crippen molar-refractivity contribution in [3.05, 3.63) is 48.0 Å². The van der Waals surface area contributed by atoms with Gasteiger partial charge in [-0.25, -0.2) is 0 Å². The summed E-state index contributed by atoms with van der Waals surface area (Å²) >= 11 is 3.51. The van der Waals surface area contributed by atoms with E-state index in [4.69, 9.17) is 0 Å². The molecule has 0 aromatic heterocycles. The Labute approximate surface area is 117 Å². The highest BCUT2D eigenvalue weighted by molar-refractivity contribution is 7.99. The molecule has 0 aliphatic rings. The van der Waals surface area contributed by atoms with Gasteiger partial charge in [-0.3, -0.25) is 4.99 Å². The predicted octanol–water partition coefficient (Wildman–Crippen LogP) is 5.20. The van der Waals surface area contributed by atoms with Crippen LogP contribution in [0.3, 0.4) is 0 Å². The number of benzene rings is 2. The van der Waals surface area contributed by atoms with Crippen LogP contribution in [0.15, 0.2) is 62.1 Å². The number of nitrogens with zero attached hydrogens (tertiary/aromatic N) is 1. The first-order valence-corrected chi connectivity index (χ1v) is 7.66. The first kappa shape index (κ1) is 13.2. The van der Waals surface area contributed by atoms with Gasteiger partial charge in [0.2, 0.25) is 0 Å². The van der Waals surface area contributed by atoms with Crippen molar-refractivity contribution in [2.45, 2.75) is 21.6 Å². The molecule has 3 heteroatoms. The normalized spacial score (nSPS) is 10.3. The zero-order valence-corrected chi connectivity index (χ0v) is 12.1. The highest BCUT2D eigenvalue weighted by Gasteiger charge is 2.01. The average Bonchev–Trinajstić information content (AvgIpc) is 2.39. The smallest absolute Gasteiger partial charge is 0.0636 e. The van der Waals surface area contributed by atoms with E-state index in [1.165, 1.54) is 20.2 Å². The van der Waals surface area contributed by atoms with Gasteiger partial charge in [-0.15, -0.1) is 11.8 Å². The Hall–Kier alpha value is -1.19. The Morgan fingerprint density at radius 3 is 2.22 bits per heavy atom. The lowest BCUT2D eigenvalue weighted by Gasteiger charge is -2.05. The topological polar surface area (TPSA) is 12.4 Å². The Kier molecular flexibility index (Phi) is 4.50. The molecule has 1 nitrogen and oxygen atoms in total. The number of rotatable bonds is 4. The summed E-state index contributed by atoms with van der Waals surface area (Å²) in [6.07, 6.45) is 2.09. The Bertz CT molecular complexity index is 547. The summed E-state index contributed by atoms with van der Waals surface area (Å²) in [4.78, 5) is 7.73. The van der Waals surface area contributed by atoms with Crippen LogP contribution in [-0.4, -0.2) is 13.0 Å². The van der Waals surface area contributed by atoms with Crippen molar-refractivity contribution in [3.63, 3.8) is 0 Å². The number of aryl methyl sites for hydroxylation is 1. The third-order valence-electron chi connectivity index (χ3n) is 2.51. The highest BCUT2D eigenvalue weighted by atomic mass is 32.2. The molecular weight excluding hydrogens is 258 g/mol. The molecule has 92 valence electrons. The van der Waals surface area contributed by atoms with Crippen LogP contribution in [0.2, 0.25) is 0 Å². The van der Waals surface area contributed by atoms with E-state index >= 15 is 0 Å². The van der Waals surface area contributed by atoms with Crippen molar-refractivity contribution in [1.29, 1.82) is 0 Å². The van der Waals surface area contributed by atoms with E-state index in [2.05, 4.69) is 61.3 Å². The van der Waals surface area contributed by atoms with Gasteiger partial charge in [-0.05, 0) is 67.9 Å². The lowest BCUT2D eigenvalue weighted by Crippen LogP contribution is -1.78. The van der Waals surface area contributed by atoms with Crippen molar-refractivity contribution < 1.29 is 0 Å². The summed E-state index contributed by atoms with van der Waals surface area (Å²) in [6.45, 7) is 5.66. The molecule has 18 heavy (non-hydrogen) atoms. The summed E-state index contributed by atoms with van der Waals surface area (Å²) < 4.78 is 0. The van der Waals surface area contributed by atoms with E-state index in [9.17, 15) is 0 Å². The minimum atomic E-state index is 0.929. The second-order valence-corrected chi connectivity index (χ2v) is 5.97. The molecule has 0 saturated carbocycles. The highest BCUT2D eigenvalue weighted by Crippen LogP contribution is 2.32. The average molecular weight is 273 g/mol. The van der Waals surface area contributed by atoms with E-state index in [-0.39, 0.29) is 0 Å². The molecule has 2 rings (SSSR count). The Morgan fingerprint density at radius 2 is 1.61 bits per heavy atom. The Balaban J connectivity index is 2.22. The molecule has 0 fully saturated rings. The minimum absolute atomic E-state index is 0.929. The van der Waals surface area contributed by atoms with E-state index < -0.39 is 0 Å². The maximum Gasteiger partial charge on any atom is 0.0636 e. The van der Waals surface area contributed by atoms with Crippen LogP contribution in [0.5, 0.6) is 0 Å². The van der Waals surface area contributed by atoms with Gasteiger partial charge in [0.1, 0.15) is 0 Å². The first-order valence-electron chi connectivity index (χ1n) is 5.61. The van der Waals surface area contributed by atoms with Crippen LogP contribution in [-0.2, 0) is 0 Å². The lowest BCUT2D eigenvalue weighted by atomic mass is 10.2. The summed E-state index contributed by atoms with van der Waals surface area (Å²) in [5.74, 6) is 0. The lowest BCUT2D eigenvalue weighted by molar-refractivity contribution is 1.31. The third kappa shape index (κ3) is 3.40. The SMILES string of the molecule is C=Nc1cc(C)cc(Sc2ccc(SC)cc2)c1. The van der Waals surface area contributed by atoms with Crippen molar-refractivity contribution in [2.24, 2.45) is 4.99 Å². The van der Waals surface area contributed by atoms with Gasteiger partial charge in [-0.2, -0.15) is 0 Å². The van der Waals surface area contributed by atoms with Crippen molar-refractivity contribution >= 4 is 35.9 Å². The van der Waals surface area contributed by atoms with Crippen LogP contribution in [0, 0.1) is 6.92 Å². The van der Waals surface area contributed by atoms with Crippen molar-refractivity contribution in [2.75, 3.05) is 6.26 Å². The minimum Gasteiger partial charge on any atom is -0.265 e. The first-order chi connectivity index (χ1) is 8.71. The number of thioether (sulfide) groups is 1. The molecule has 0 atom stereocenters. The van der Waals surface area contributed by atoms with Gasteiger partial charge >= 0.3 is 0 Å². The quantitative estimate of drug-likeness (QED) is 0.560. The van der Waals surface area contributed by atoms with E-state index in [1.807, 2.05) is 6.07 Å². The Morgan fingerprint density at radius 1 is 0.944 bits per heavy atom.